The highest BCUT2D eigenvalue weighted by Crippen LogP contribution is 2.39. The minimum atomic E-state index is -3.15. The fourth-order valence-corrected chi connectivity index (χ4v) is 6.91. The van der Waals surface area contributed by atoms with Crippen molar-refractivity contribution in [2.45, 2.75) is 44.2 Å². The van der Waals surface area contributed by atoms with Crippen LogP contribution in [0, 0.1) is 12.7 Å². The van der Waals surface area contributed by atoms with Crippen LogP contribution in [0.3, 0.4) is 0 Å². The Hall–Kier alpha value is -2.36. The lowest BCUT2D eigenvalue weighted by Crippen LogP contribution is -2.51. The molecular formula is C23H26FN3O3S2. The number of aromatic nitrogens is 1. The second kappa shape index (κ2) is 8.88. The molecule has 0 radical (unpaired) electrons. The molecule has 0 spiro atoms. The van der Waals surface area contributed by atoms with E-state index in [9.17, 15) is 17.6 Å². The summed E-state index contributed by atoms with van der Waals surface area (Å²) in [6, 6.07) is 11.7. The normalized spacial score (nSPS) is 18.3. The van der Waals surface area contributed by atoms with Crippen molar-refractivity contribution < 1.29 is 17.6 Å². The summed E-state index contributed by atoms with van der Waals surface area (Å²) in [6.45, 7) is 1.98. The van der Waals surface area contributed by atoms with Gasteiger partial charge in [-0.2, -0.15) is 0 Å². The molecule has 1 aliphatic rings. The smallest absolute Gasteiger partial charge is 0.222 e. The maximum atomic E-state index is 13.9. The third-order valence-corrected chi connectivity index (χ3v) is 8.85. The summed E-state index contributed by atoms with van der Waals surface area (Å²) < 4.78 is 39.1. The highest BCUT2D eigenvalue weighted by atomic mass is 32.2. The first-order valence-electron chi connectivity index (χ1n) is 10.5. The Bertz CT molecular complexity index is 1240. The second-order valence-corrected chi connectivity index (χ2v) is 11.8. The average molecular weight is 476 g/mol. The van der Waals surface area contributed by atoms with Crippen LogP contribution in [0.4, 0.5) is 4.39 Å². The Balaban J connectivity index is 1.56. The van der Waals surface area contributed by atoms with E-state index in [0.29, 0.717) is 10.6 Å². The molecule has 0 aliphatic carbocycles. The molecule has 3 N–H and O–H groups in total. The van der Waals surface area contributed by atoms with Gasteiger partial charge in [-0.1, -0.05) is 30.3 Å². The van der Waals surface area contributed by atoms with Crippen molar-refractivity contribution in [1.82, 2.24) is 10.3 Å². The largest absolute Gasteiger partial charge is 0.344 e. The maximum Gasteiger partial charge on any atom is 0.222 e. The van der Waals surface area contributed by atoms with Crippen LogP contribution in [0.1, 0.15) is 35.4 Å². The number of hydrogen-bond donors (Lipinski definition) is 2. The van der Waals surface area contributed by atoms with Crippen molar-refractivity contribution in [1.29, 1.82) is 0 Å². The van der Waals surface area contributed by atoms with E-state index in [0.717, 1.165) is 15.8 Å². The molecule has 0 unspecified atom stereocenters. The molecule has 1 aromatic heterocycles. The zero-order valence-corrected chi connectivity index (χ0v) is 19.4. The van der Waals surface area contributed by atoms with Crippen LogP contribution in [0.5, 0.6) is 0 Å². The minimum Gasteiger partial charge on any atom is -0.344 e. The van der Waals surface area contributed by atoms with Crippen LogP contribution in [0.25, 0.3) is 10.2 Å². The van der Waals surface area contributed by atoms with E-state index in [1.165, 1.54) is 17.4 Å². The Morgan fingerprint density at radius 1 is 1.22 bits per heavy atom. The first kappa shape index (κ1) is 22.8. The summed E-state index contributed by atoms with van der Waals surface area (Å²) in [7, 11) is -3.15. The highest BCUT2D eigenvalue weighted by molar-refractivity contribution is 7.91. The van der Waals surface area contributed by atoms with E-state index < -0.39 is 21.4 Å². The SMILES string of the molecule is Cc1cccc2sc(C3(NC(=O)C[C@H](N)Cc4ccccc4F)CCS(=O)(=O)CC3)nc12. The summed E-state index contributed by atoms with van der Waals surface area (Å²) in [5, 5.41) is 3.78. The molecule has 9 heteroatoms. The number of carbonyl (C=O) groups excluding carboxylic acids is 1. The number of rotatable bonds is 6. The summed E-state index contributed by atoms with van der Waals surface area (Å²) in [4.78, 5) is 17.8. The quantitative estimate of drug-likeness (QED) is 0.570. The molecule has 6 nitrogen and oxygen atoms in total. The van der Waals surface area contributed by atoms with Crippen molar-refractivity contribution in [2.75, 3.05) is 11.5 Å². The number of nitrogens with zero attached hydrogens (tertiary/aromatic N) is 1. The lowest BCUT2D eigenvalue weighted by Gasteiger charge is -2.36. The van der Waals surface area contributed by atoms with Crippen LogP contribution in [0.15, 0.2) is 42.5 Å². The van der Waals surface area contributed by atoms with Gasteiger partial charge in [0.2, 0.25) is 5.91 Å². The number of carbonyl (C=O) groups is 1. The molecule has 2 aromatic carbocycles. The summed E-state index contributed by atoms with van der Waals surface area (Å²) >= 11 is 1.48. The van der Waals surface area contributed by atoms with Gasteiger partial charge in [0.1, 0.15) is 10.8 Å². The zero-order chi connectivity index (χ0) is 22.9. The number of benzene rings is 2. The first-order chi connectivity index (χ1) is 15.2. The van der Waals surface area contributed by atoms with Gasteiger partial charge in [-0.15, -0.1) is 11.3 Å². The molecule has 1 fully saturated rings. The van der Waals surface area contributed by atoms with Crippen LogP contribution in [-0.4, -0.2) is 36.9 Å². The lowest BCUT2D eigenvalue weighted by molar-refractivity contribution is -0.123. The Labute approximate surface area is 191 Å². The average Bonchev–Trinajstić information content (AvgIpc) is 3.18. The van der Waals surface area contributed by atoms with E-state index in [2.05, 4.69) is 5.32 Å². The number of amides is 1. The molecule has 4 rings (SSSR count). The molecular weight excluding hydrogens is 449 g/mol. The van der Waals surface area contributed by atoms with Gasteiger partial charge < -0.3 is 11.1 Å². The zero-order valence-electron chi connectivity index (χ0n) is 17.8. The summed E-state index contributed by atoms with van der Waals surface area (Å²) in [5.74, 6) is -0.654. The molecule has 1 saturated heterocycles. The lowest BCUT2D eigenvalue weighted by atomic mass is 9.92. The van der Waals surface area contributed by atoms with Gasteiger partial charge in [-0.05, 0) is 49.4 Å². The number of hydrogen-bond acceptors (Lipinski definition) is 6. The predicted molar refractivity (Wildman–Crippen MR) is 125 cm³/mol. The molecule has 1 aliphatic heterocycles. The fourth-order valence-electron chi connectivity index (χ4n) is 4.14. The van der Waals surface area contributed by atoms with Crippen molar-refractivity contribution >= 4 is 37.3 Å². The Kier molecular flexibility index (Phi) is 6.33. The number of nitrogens with two attached hydrogens (primary N) is 1. The van der Waals surface area contributed by atoms with Crippen LogP contribution in [-0.2, 0) is 26.6 Å². The van der Waals surface area contributed by atoms with Gasteiger partial charge in [-0.3, -0.25) is 4.79 Å². The maximum absolute atomic E-state index is 13.9. The van der Waals surface area contributed by atoms with E-state index in [1.54, 1.807) is 18.2 Å². The summed E-state index contributed by atoms with van der Waals surface area (Å²) in [5.41, 5.74) is 7.66. The minimum absolute atomic E-state index is 0.00670. The van der Waals surface area contributed by atoms with Crippen LogP contribution < -0.4 is 11.1 Å². The molecule has 170 valence electrons. The van der Waals surface area contributed by atoms with E-state index in [1.807, 2.05) is 25.1 Å². The standard InChI is InChI=1S/C23H26FN3O3S2/c1-15-5-4-8-19-21(15)26-22(31-19)23(9-11-32(29,30)12-10-23)27-20(28)14-17(25)13-16-6-2-3-7-18(16)24/h2-8,17H,9-14,25H2,1H3,(H,27,28)/t17-/m1/s1. The van der Waals surface area contributed by atoms with E-state index in [4.69, 9.17) is 10.7 Å². The Morgan fingerprint density at radius 3 is 2.62 bits per heavy atom. The predicted octanol–water partition coefficient (Wildman–Crippen LogP) is 3.22. The number of thiazole rings is 1. The molecule has 0 bridgehead atoms. The van der Waals surface area contributed by atoms with Gasteiger partial charge in [0.15, 0.2) is 9.84 Å². The second-order valence-electron chi connectivity index (χ2n) is 8.48. The van der Waals surface area contributed by atoms with E-state index >= 15 is 0 Å². The van der Waals surface area contributed by atoms with Crippen molar-refractivity contribution in [3.05, 3.63) is 64.4 Å². The molecule has 3 aromatic rings. The van der Waals surface area contributed by atoms with Gasteiger partial charge in [0, 0.05) is 12.5 Å². The van der Waals surface area contributed by atoms with Gasteiger partial charge >= 0.3 is 0 Å². The number of halogens is 1. The fraction of sp³-hybridized carbons (Fsp3) is 0.391. The Morgan fingerprint density at radius 2 is 1.94 bits per heavy atom. The van der Waals surface area contributed by atoms with Crippen LogP contribution >= 0.6 is 11.3 Å². The summed E-state index contributed by atoms with van der Waals surface area (Å²) in [6.07, 6.45) is 0.777. The number of sulfone groups is 1. The third kappa shape index (κ3) is 4.84. The monoisotopic (exact) mass is 475 g/mol. The first-order valence-corrected chi connectivity index (χ1v) is 13.2. The highest BCUT2D eigenvalue weighted by Gasteiger charge is 2.42. The van der Waals surface area contributed by atoms with Gasteiger partial charge in [0.05, 0.1) is 27.3 Å². The van der Waals surface area contributed by atoms with Gasteiger partial charge in [0.25, 0.3) is 0 Å². The van der Waals surface area contributed by atoms with E-state index in [-0.39, 0.29) is 48.9 Å². The van der Waals surface area contributed by atoms with Crippen molar-refractivity contribution in [3.63, 3.8) is 0 Å². The third-order valence-electron chi connectivity index (χ3n) is 5.98. The van der Waals surface area contributed by atoms with Gasteiger partial charge in [-0.25, -0.2) is 17.8 Å². The number of nitrogens with one attached hydrogen (secondary N) is 1. The molecule has 2 heterocycles. The number of para-hydroxylation sites is 1. The molecule has 32 heavy (non-hydrogen) atoms. The molecule has 1 amide bonds. The van der Waals surface area contributed by atoms with Crippen LogP contribution in [0.2, 0.25) is 0 Å². The topological polar surface area (TPSA) is 102 Å². The number of aryl methyl sites for hydroxylation is 1. The van der Waals surface area contributed by atoms with Crippen molar-refractivity contribution in [3.8, 4) is 0 Å². The molecule has 1 atom stereocenters. The molecule has 0 saturated carbocycles. The van der Waals surface area contributed by atoms with Crippen molar-refractivity contribution in [2.24, 2.45) is 5.73 Å². The number of fused-ring (bicyclic) bond motifs is 1.